The first kappa shape index (κ1) is 16.6. The maximum atomic E-state index is 4.24. The number of hydrogen-bond donors (Lipinski definition) is 1. The third-order valence-electron chi connectivity index (χ3n) is 3.82. The Bertz CT molecular complexity index is 568. The van der Waals surface area contributed by atoms with Crippen molar-refractivity contribution >= 4 is 0 Å². The van der Waals surface area contributed by atoms with Crippen LogP contribution in [0, 0.1) is 5.92 Å². The molecule has 0 saturated carbocycles. The van der Waals surface area contributed by atoms with E-state index >= 15 is 0 Å². The van der Waals surface area contributed by atoms with Crippen LogP contribution in [-0.2, 0) is 12.1 Å². The number of hydrogen-bond acceptors (Lipinski definition) is 4. The first-order chi connectivity index (χ1) is 10.4. The monoisotopic (exact) mass is 301 g/mol. The number of pyridine rings is 1. The third kappa shape index (κ3) is 4.37. The van der Waals surface area contributed by atoms with Gasteiger partial charge >= 0.3 is 0 Å². The van der Waals surface area contributed by atoms with Crippen LogP contribution in [0.5, 0.6) is 0 Å². The summed E-state index contributed by atoms with van der Waals surface area (Å²) in [5.74, 6) is 1.01. The largest absolute Gasteiger partial charge is 0.310 e. The SMILES string of the molecule is CC(C)[C@@H](CNCc1cn(C(C)(C)C)nn1)c1cccnc1. The molecule has 1 atom stereocenters. The molecule has 0 amide bonds. The summed E-state index contributed by atoms with van der Waals surface area (Å²) in [4.78, 5) is 4.23. The highest BCUT2D eigenvalue weighted by Gasteiger charge is 2.17. The lowest BCUT2D eigenvalue weighted by Crippen LogP contribution is -2.25. The second kappa shape index (κ2) is 7.01. The summed E-state index contributed by atoms with van der Waals surface area (Å²) in [6.45, 7) is 12.5. The minimum atomic E-state index is -0.0264. The predicted octanol–water partition coefficient (Wildman–Crippen LogP) is 2.96. The number of aromatic nitrogens is 4. The van der Waals surface area contributed by atoms with E-state index in [0.29, 0.717) is 11.8 Å². The molecule has 0 fully saturated rings. The third-order valence-corrected chi connectivity index (χ3v) is 3.82. The standard InChI is InChI=1S/C17H27N5/c1-13(2)16(14-7-6-8-18-9-14)11-19-10-15-12-22(21-20-15)17(3,4)5/h6-9,12-13,16,19H,10-11H2,1-5H3/t16-/m1/s1. The Labute approximate surface area is 133 Å². The van der Waals surface area contributed by atoms with Crippen LogP contribution in [0.1, 0.15) is 51.8 Å². The zero-order valence-corrected chi connectivity index (χ0v) is 14.2. The lowest BCUT2D eigenvalue weighted by atomic mass is 9.89. The van der Waals surface area contributed by atoms with E-state index in [2.05, 4.69) is 61.3 Å². The van der Waals surface area contributed by atoms with Gasteiger partial charge in [-0.15, -0.1) is 5.10 Å². The van der Waals surface area contributed by atoms with E-state index in [0.717, 1.165) is 18.8 Å². The van der Waals surface area contributed by atoms with Gasteiger partial charge in [0.15, 0.2) is 0 Å². The maximum Gasteiger partial charge on any atom is 0.0965 e. The van der Waals surface area contributed by atoms with Gasteiger partial charge < -0.3 is 5.32 Å². The van der Waals surface area contributed by atoms with Gasteiger partial charge in [-0.25, -0.2) is 4.68 Å². The Balaban J connectivity index is 1.93. The van der Waals surface area contributed by atoms with Crippen molar-refractivity contribution in [3.05, 3.63) is 42.0 Å². The molecule has 2 rings (SSSR count). The molecule has 2 aromatic rings. The molecule has 5 nitrogen and oxygen atoms in total. The molecule has 120 valence electrons. The van der Waals surface area contributed by atoms with Gasteiger partial charge in [-0.1, -0.05) is 25.1 Å². The fraction of sp³-hybridized carbons (Fsp3) is 0.588. The lowest BCUT2D eigenvalue weighted by Gasteiger charge is -2.21. The van der Waals surface area contributed by atoms with Crippen molar-refractivity contribution in [1.29, 1.82) is 0 Å². The highest BCUT2D eigenvalue weighted by atomic mass is 15.4. The second-order valence-electron chi connectivity index (χ2n) is 7.09. The molecule has 0 aliphatic carbocycles. The number of nitrogens with one attached hydrogen (secondary N) is 1. The van der Waals surface area contributed by atoms with Crippen molar-refractivity contribution in [2.24, 2.45) is 5.92 Å². The van der Waals surface area contributed by atoms with E-state index in [9.17, 15) is 0 Å². The Morgan fingerprint density at radius 3 is 2.59 bits per heavy atom. The van der Waals surface area contributed by atoms with Gasteiger partial charge in [0.1, 0.15) is 0 Å². The normalized spacial score (nSPS) is 13.5. The maximum absolute atomic E-state index is 4.24. The Hall–Kier alpha value is -1.75. The van der Waals surface area contributed by atoms with Crippen LogP contribution in [0.4, 0.5) is 0 Å². The molecule has 0 spiro atoms. The van der Waals surface area contributed by atoms with E-state index in [4.69, 9.17) is 0 Å². The van der Waals surface area contributed by atoms with E-state index in [1.165, 1.54) is 5.56 Å². The van der Waals surface area contributed by atoms with Crippen molar-refractivity contribution in [2.45, 2.75) is 52.6 Å². The molecule has 0 aromatic carbocycles. The average Bonchev–Trinajstić information content (AvgIpc) is 2.93. The molecule has 5 heteroatoms. The molecular weight excluding hydrogens is 274 g/mol. The summed E-state index contributed by atoms with van der Waals surface area (Å²) < 4.78 is 1.91. The summed E-state index contributed by atoms with van der Waals surface area (Å²) in [5, 5.41) is 11.9. The van der Waals surface area contributed by atoms with E-state index in [1.807, 2.05) is 29.3 Å². The molecule has 2 aromatic heterocycles. The van der Waals surface area contributed by atoms with Gasteiger partial charge in [0.25, 0.3) is 0 Å². The zero-order chi connectivity index (χ0) is 16.2. The second-order valence-corrected chi connectivity index (χ2v) is 7.09. The van der Waals surface area contributed by atoms with Crippen molar-refractivity contribution in [3.63, 3.8) is 0 Å². The zero-order valence-electron chi connectivity index (χ0n) is 14.2. The van der Waals surface area contributed by atoms with Crippen LogP contribution in [-0.4, -0.2) is 26.5 Å². The number of nitrogens with zero attached hydrogens (tertiary/aromatic N) is 4. The van der Waals surface area contributed by atoms with Crippen LogP contribution < -0.4 is 5.32 Å². The fourth-order valence-corrected chi connectivity index (χ4v) is 2.40. The Morgan fingerprint density at radius 1 is 1.27 bits per heavy atom. The molecule has 0 aliphatic heterocycles. The van der Waals surface area contributed by atoms with Gasteiger partial charge in [-0.2, -0.15) is 0 Å². The smallest absolute Gasteiger partial charge is 0.0965 e. The van der Waals surface area contributed by atoms with Gasteiger partial charge in [-0.05, 0) is 38.3 Å². The minimum Gasteiger partial charge on any atom is -0.310 e. The summed E-state index contributed by atoms with van der Waals surface area (Å²) in [5.41, 5.74) is 2.23. The van der Waals surface area contributed by atoms with Gasteiger partial charge in [-0.3, -0.25) is 4.98 Å². The first-order valence-electron chi connectivity index (χ1n) is 7.90. The van der Waals surface area contributed by atoms with Crippen LogP contribution in [0.15, 0.2) is 30.7 Å². The predicted molar refractivity (Wildman–Crippen MR) is 88.5 cm³/mol. The highest BCUT2D eigenvalue weighted by Crippen LogP contribution is 2.22. The Morgan fingerprint density at radius 2 is 2.05 bits per heavy atom. The number of rotatable bonds is 6. The topological polar surface area (TPSA) is 55.6 Å². The highest BCUT2D eigenvalue weighted by molar-refractivity contribution is 5.16. The fourth-order valence-electron chi connectivity index (χ4n) is 2.40. The van der Waals surface area contributed by atoms with Gasteiger partial charge in [0.05, 0.1) is 17.4 Å². The van der Waals surface area contributed by atoms with Crippen molar-refractivity contribution in [3.8, 4) is 0 Å². The molecular formula is C17H27N5. The van der Waals surface area contributed by atoms with Crippen molar-refractivity contribution in [1.82, 2.24) is 25.3 Å². The van der Waals surface area contributed by atoms with Crippen LogP contribution >= 0.6 is 0 Å². The molecule has 0 radical (unpaired) electrons. The summed E-state index contributed by atoms with van der Waals surface area (Å²) in [6, 6.07) is 4.15. The first-order valence-corrected chi connectivity index (χ1v) is 7.90. The average molecular weight is 301 g/mol. The van der Waals surface area contributed by atoms with Crippen LogP contribution in [0.25, 0.3) is 0 Å². The van der Waals surface area contributed by atoms with E-state index in [-0.39, 0.29) is 5.54 Å². The molecule has 22 heavy (non-hydrogen) atoms. The molecule has 0 bridgehead atoms. The van der Waals surface area contributed by atoms with Gasteiger partial charge in [0, 0.05) is 31.4 Å². The minimum absolute atomic E-state index is 0.0264. The molecule has 0 aliphatic rings. The molecule has 0 unspecified atom stereocenters. The van der Waals surface area contributed by atoms with Crippen LogP contribution in [0.2, 0.25) is 0 Å². The van der Waals surface area contributed by atoms with Crippen molar-refractivity contribution in [2.75, 3.05) is 6.54 Å². The van der Waals surface area contributed by atoms with Crippen LogP contribution in [0.3, 0.4) is 0 Å². The quantitative estimate of drug-likeness (QED) is 0.891. The Kier molecular flexibility index (Phi) is 5.29. The summed E-state index contributed by atoms with van der Waals surface area (Å²) in [7, 11) is 0. The molecule has 2 heterocycles. The van der Waals surface area contributed by atoms with E-state index < -0.39 is 0 Å². The van der Waals surface area contributed by atoms with Gasteiger partial charge in [0.2, 0.25) is 0 Å². The van der Waals surface area contributed by atoms with E-state index in [1.54, 1.807) is 0 Å². The molecule has 1 N–H and O–H groups in total. The molecule has 0 saturated heterocycles. The lowest BCUT2D eigenvalue weighted by molar-refractivity contribution is 0.347. The summed E-state index contributed by atoms with van der Waals surface area (Å²) >= 11 is 0. The van der Waals surface area contributed by atoms with Crippen molar-refractivity contribution < 1.29 is 0 Å². The summed E-state index contributed by atoms with van der Waals surface area (Å²) in [6.07, 6.45) is 5.79.